The maximum atomic E-state index is 11.1. The van der Waals surface area contributed by atoms with Crippen LogP contribution in [0.15, 0.2) is 18.2 Å². The zero-order valence-corrected chi connectivity index (χ0v) is 10.3. The Morgan fingerprint density at radius 1 is 1.59 bits per heavy atom. The fourth-order valence-electron chi connectivity index (χ4n) is 1.26. The van der Waals surface area contributed by atoms with Crippen molar-refractivity contribution in [2.24, 2.45) is 0 Å². The molecule has 0 saturated carbocycles. The van der Waals surface area contributed by atoms with Crippen LogP contribution in [0.3, 0.4) is 0 Å². The van der Waals surface area contributed by atoms with Crippen molar-refractivity contribution in [2.45, 2.75) is 13.3 Å². The first-order chi connectivity index (χ1) is 8.17. The van der Waals surface area contributed by atoms with Gasteiger partial charge in [0, 0.05) is 6.54 Å². The first-order valence-electron chi connectivity index (χ1n) is 5.26. The van der Waals surface area contributed by atoms with Gasteiger partial charge in [0.15, 0.2) is 0 Å². The van der Waals surface area contributed by atoms with Crippen LogP contribution in [0.25, 0.3) is 0 Å². The summed E-state index contributed by atoms with van der Waals surface area (Å²) in [6.07, 6.45) is 0.265. The van der Waals surface area contributed by atoms with Crippen LogP contribution in [0.4, 0.5) is 5.69 Å². The molecule has 0 amide bonds. The van der Waals surface area contributed by atoms with Crippen LogP contribution in [0, 0.1) is 11.3 Å². The van der Waals surface area contributed by atoms with Gasteiger partial charge in [-0.2, -0.15) is 5.26 Å². The van der Waals surface area contributed by atoms with Gasteiger partial charge in [0.25, 0.3) is 0 Å². The minimum Gasteiger partial charge on any atom is -0.466 e. The number of ether oxygens (including phenoxy) is 1. The van der Waals surface area contributed by atoms with Crippen LogP contribution in [-0.4, -0.2) is 19.1 Å². The summed E-state index contributed by atoms with van der Waals surface area (Å²) in [4.78, 5) is 11.1. The van der Waals surface area contributed by atoms with Gasteiger partial charge in [-0.25, -0.2) is 0 Å². The van der Waals surface area contributed by atoms with Crippen molar-refractivity contribution in [3.05, 3.63) is 28.8 Å². The molecule has 0 aromatic heterocycles. The Morgan fingerprint density at radius 3 is 3.00 bits per heavy atom. The van der Waals surface area contributed by atoms with Crippen molar-refractivity contribution >= 4 is 23.3 Å². The minimum atomic E-state index is -0.257. The predicted molar refractivity (Wildman–Crippen MR) is 65.9 cm³/mol. The standard InChI is InChI=1S/C12H13ClN2O2/c1-2-17-12(16)5-6-15-11-7-9(8-14)3-4-10(11)13/h3-4,7,15H,2,5-6H2,1H3. The number of carbonyl (C=O) groups is 1. The SMILES string of the molecule is CCOC(=O)CCNc1cc(C#N)ccc1Cl. The number of hydrogen-bond acceptors (Lipinski definition) is 4. The molecule has 0 saturated heterocycles. The van der Waals surface area contributed by atoms with E-state index < -0.39 is 0 Å². The van der Waals surface area contributed by atoms with E-state index in [1.54, 1.807) is 25.1 Å². The molecular weight excluding hydrogens is 240 g/mol. The molecule has 4 nitrogen and oxygen atoms in total. The highest BCUT2D eigenvalue weighted by molar-refractivity contribution is 6.33. The summed E-state index contributed by atoms with van der Waals surface area (Å²) in [5.41, 5.74) is 1.17. The second-order valence-corrected chi connectivity index (χ2v) is 3.70. The van der Waals surface area contributed by atoms with Gasteiger partial charge in [-0.15, -0.1) is 0 Å². The molecule has 0 aliphatic rings. The minimum absolute atomic E-state index is 0.257. The predicted octanol–water partition coefficient (Wildman–Crippen LogP) is 2.58. The Morgan fingerprint density at radius 2 is 2.35 bits per heavy atom. The number of hydrogen-bond donors (Lipinski definition) is 1. The van der Waals surface area contributed by atoms with Gasteiger partial charge in [0.05, 0.1) is 35.4 Å². The largest absolute Gasteiger partial charge is 0.466 e. The monoisotopic (exact) mass is 252 g/mol. The maximum absolute atomic E-state index is 11.1. The molecule has 17 heavy (non-hydrogen) atoms. The van der Waals surface area contributed by atoms with Crippen LogP contribution >= 0.6 is 11.6 Å². The molecule has 1 aromatic rings. The third kappa shape index (κ3) is 4.33. The lowest BCUT2D eigenvalue weighted by molar-refractivity contribution is -0.142. The lowest BCUT2D eigenvalue weighted by Gasteiger charge is -2.08. The van der Waals surface area contributed by atoms with Crippen molar-refractivity contribution in [1.29, 1.82) is 5.26 Å². The summed E-state index contributed by atoms with van der Waals surface area (Å²) in [6, 6.07) is 6.95. The van der Waals surface area contributed by atoms with E-state index in [9.17, 15) is 4.79 Å². The van der Waals surface area contributed by atoms with Gasteiger partial charge in [0.2, 0.25) is 0 Å². The molecule has 0 fully saturated rings. The Hall–Kier alpha value is -1.73. The molecule has 0 bridgehead atoms. The lowest BCUT2D eigenvalue weighted by atomic mass is 10.2. The summed E-state index contributed by atoms with van der Waals surface area (Å²) in [7, 11) is 0. The molecule has 0 spiro atoms. The molecule has 0 aliphatic heterocycles. The lowest BCUT2D eigenvalue weighted by Crippen LogP contribution is -2.11. The van der Waals surface area contributed by atoms with E-state index in [1.165, 1.54) is 0 Å². The second kappa shape index (κ2) is 6.77. The molecule has 1 aromatic carbocycles. The van der Waals surface area contributed by atoms with Crippen LogP contribution in [0.1, 0.15) is 18.9 Å². The van der Waals surface area contributed by atoms with Crippen LogP contribution in [-0.2, 0) is 9.53 Å². The number of nitrogens with zero attached hydrogens (tertiary/aromatic N) is 1. The number of nitriles is 1. The van der Waals surface area contributed by atoms with E-state index in [2.05, 4.69) is 5.32 Å². The third-order valence-corrected chi connectivity index (χ3v) is 2.37. The zero-order chi connectivity index (χ0) is 12.7. The van der Waals surface area contributed by atoms with E-state index in [4.69, 9.17) is 21.6 Å². The molecule has 0 atom stereocenters. The average molecular weight is 253 g/mol. The van der Waals surface area contributed by atoms with Gasteiger partial charge >= 0.3 is 5.97 Å². The van der Waals surface area contributed by atoms with Gasteiger partial charge in [0.1, 0.15) is 0 Å². The summed E-state index contributed by atoms with van der Waals surface area (Å²) in [6.45, 7) is 2.57. The third-order valence-electron chi connectivity index (χ3n) is 2.05. The van der Waals surface area contributed by atoms with E-state index in [0.29, 0.717) is 29.4 Å². The number of halogens is 1. The van der Waals surface area contributed by atoms with E-state index in [1.807, 2.05) is 6.07 Å². The number of esters is 1. The van der Waals surface area contributed by atoms with Crippen molar-refractivity contribution in [3.63, 3.8) is 0 Å². The summed E-state index contributed by atoms with van der Waals surface area (Å²) < 4.78 is 4.79. The molecule has 0 radical (unpaired) electrons. The smallest absolute Gasteiger partial charge is 0.307 e. The maximum Gasteiger partial charge on any atom is 0.307 e. The van der Waals surface area contributed by atoms with Gasteiger partial charge in [-0.3, -0.25) is 4.79 Å². The fraction of sp³-hybridized carbons (Fsp3) is 0.333. The molecule has 1 rings (SSSR count). The van der Waals surface area contributed by atoms with Gasteiger partial charge in [-0.1, -0.05) is 11.6 Å². The number of anilines is 1. The molecule has 90 valence electrons. The molecule has 0 aliphatic carbocycles. The number of nitrogens with one attached hydrogen (secondary N) is 1. The molecule has 5 heteroatoms. The highest BCUT2D eigenvalue weighted by atomic mass is 35.5. The molecular formula is C12H13ClN2O2. The average Bonchev–Trinajstić information content (AvgIpc) is 2.32. The molecule has 0 unspecified atom stereocenters. The Kier molecular flexibility index (Phi) is 5.31. The summed E-state index contributed by atoms with van der Waals surface area (Å²) in [5, 5.41) is 12.3. The second-order valence-electron chi connectivity index (χ2n) is 3.29. The summed E-state index contributed by atoms with van der Waals surface area (Å²) in [5.74, 6) is -0.257. The van der Waals surface area contributed by atoms with Crippen LogP contribution in [0.5, 0.6) is 0 Å². The van der Waals surface area contributed by atoms with E-state index in [0.717, 1.165) is 0 Å². The molecule has 1 N–H and O–H groups in total. The van der Waals surface area contributed by atoms with Gasteiger partial charge in [-0.05, 0) is 25.1 Å². The number of benzene rings is 1. The van der Waals surface area contributed by atoms with E-state index >= 15 is 0 Å². The number of rotatable bonds is 5. The van der Waals surface area contributed by atoms with Crippen LogP contribution < -0.4 is 5.32 Å². The Labute approximate surface area is 105 Å². The topological polar surface area (TPSA) is 62.1 Å². The molecule has 0 heterocycles. The highest BCUT2D eigenvalue weighted by Gasteiger charge is 2.04. The van der Waals surface area contributed by atoms with Crippen molar-refractivity contribution in [1.82, 2.24) is 0 Å². The Balaban J connectivity index is 2.52. The number of carbonyl (C=O) groups excluding carboxylic acids is 1. The zero-order valence-electron chi connectivity index (χ0n) is 9.50. The fourth-order valence-corrected chi connectivity index (χ4v) is 1.45. The highest BCUT2D eigenvalue weighted by Crippen LogP contribution is 2.22. The first-order valence-corrected chi connectivity index (χ1v) is 5.64. The van der Waals surface area contributed by atoms with Crippen molar-refractivity contribution < 1.29 is 9.53 Å². The van der Waals surface area contributed by atoms with Crippen LogP contribution in [0.2, 0.25) is 5.02 Å². The normalized spacial score (nSPS) is 9.47. The van der Waals surface area contributed by atoms with Crippen molar-refractivity contribution in [3.8, 4) is 6.07 Å². The Bertz CT molecular complexity index is 441. The van der Waals surface area contributed by atoms with Gasteiger partial charge < -0.3 is 10.1 Å². The first kappa shape index (κ1) is 13.3. The van der Waals surface area contributed by atoms with Crippen molar-refractivity contribution in [2.75, 3.05) is 18.5 Å². The quantitative estimate of drug-likeness (QED) is 0.818. The van der Waals surface area contributed by atoms with E-state index in [-0.39, 0.29) is 12.4 Å². The summed E-state index contributed by atoms with van der Waals surface area (Å²) >= 11 is 5.94.